The van der Waals surface area contributed by atoms with E-state index in [-0.39, 0.29) is 0 Å². The van der Waals surface area contributed by atoms with Crippen molar-refractivity contribution in [2.24, 2.45) is 0 Å². The Morgan fingerprint density at radius 1 is 1.27 bits per heavy atom. The molecule has 0 amide bonds. The van der Waals surface area contributed by atoms with Gasteiger partial charge in [0.25, 0.3) is 0 Å². The minimum atomic E-state index is 0.306. The topological polar surface area (TPSA) is 29.5 Å². The molecular formula is C13H16O2. The van der Waals surface area contributed by atoms with Crippen molar-refractivity contribution < 1.29 is 9.84 Å². The van der Waals surface area contributed by atoms with E-state index in [1.165, 1.54) is 5.56 Å². The second kappa shape index (κ2) is 4.39. The zero-order chi connectivity index (χ0) is 10.7. The molecule has 0 saturated heterocycles. The maximum atomic E-state index is 9.51. The van der Waals surface area contributed by atoms with Gasteiger partial charge in [-0.15, -0.1) is 0 Å². The lowest BCUT2D eigenvalue weighted by atomic mass is 10.2. The normalized spacial score (nSPS) is 13.8. The summed E-state index contributed by atoms with van der Waals surface area (Å²) >= 11 is 0. The Morgan fingerprint density at radius 2 is 1.93 bits per heavy atom. The minimum Gasteiger partial charge on any atom is -0.509 e. The Labute approximate surface area is 90.2 Å². The summed E-state index contributed by atoms with van der Waals surface area (Å²) in [5.74, 6) is 1.23. The van der Waals surface area contributed by atoms with Gasteiger partial charge in [-0.1, -0.05) is 19.1 Å². The fourth-order valence-electron chi connectivity index (χ4n) is 1.43. The van der Waals surface area contributed by atoms with Gasteiger partial charge in [0.1, 0.15) is 18.1 Å². The monoisotopic (exact) mass is 204 g/mol. The van der Waals surface area contributed by atoms with Crippen molar-refractivity contribution in [1.29, 1.82) is 0 Å². The second-order valence-electron chi connectivity index (χ2n) is 3.84. The quantitative estimate of drug-likeness (QED) is 0.763. The zero-order valence-electron chi connectivity index (χ0n) is 8.99. The Bertz CT molecular complexity index is 357. The molecule has 80 valence electrons. The molecule has 15 heavy (non-hydrogen) atoms. The van der Waals surface area contributed by atoms with E-state index in [0.29, 0.717) is 12.4 Å². The van der Waals surface area contributed by atoms with Crippen LogP contribution in [0.2, 0.25) is 0 Å². The molecule has 1 aliphatic carbocycles. The van der Waals surface area contributed by atoms with Crippen LogP contribution in [0.25, 0.3) is 0 Å². The molecule has 1 saturated carbocycles. The van der Waals surface area contributed by atoms with Crippen molar-refractivity contribution in [3.05, 3.63) is 41.2 Å². The lowest BCUT2D eigenvalue weighted by Gasteiger charge is -2.05. The van der Waals surface area contributed by atoms with E-state index in [4.69, 9.17) is 4.74 Å². The summed E-state index contributed by atoms with van der Waals surface area (Å²) in [7, 11) is 0. The molecule has 0 radical (unpaired) electrons. The Hall–Kier alpha value is -1.44. The van der Waals surface area contributed by atoms with E-state index < -0.39 is 0 Å². The van der Waals surface area contributed by atoms with Gasteiger partial charge in [0.05, 0.1) is 0 Å². The summed E-state index contributed by atoms with van der Waals surface area (Å²) in [6, 6.07) is 8.00. The molecule has 0 atom stereocenters. The molecule has 0 unspecified atom stereocenters. The van der Waals surface area contributed by atoms with E-state index in [0.717, 1.165) is 30.6 Å². The molecule has 1 N–H and O–H groups in total. The molecule has 1 aliphatic rings. The first-order valence-electron chi connectivity index (χ1n) is 5.41. The Kier molecular flexibility index (Phi) is 2.95. The Balaban J connectivity index is 1.90. The molecule has 1 aromatic rings. The highest BCUT2D eigenvalue weighted by Crippen LogP contribution is 2.30. The van der Waals surface area contributed by atoms with E-state index in [1.807, 2.05) is 12.1 Å². The van der Waals surface area contributed by atoms with Gasteiger partial charge < -0.3 is 9.84 Å². The van der Waals surface area contributed by atoms with E-state index in [9.17, 15) is 5.11 Å². The number of ether oxygens (including phenoxy) is 1. The highest BCUT2D eigenvalue weighted by molar-refractivity contribution is 5.28. The lowest BCUT2D eigenvalue weighted by Crippen LogP contribution is -2.00. The standard InChI is InChI=1S/C13H16O2/c1-2-10-3-7-12(8-4-10)15-9-13(14)11-5-6-11/h3-4,7-8,14H,2,5-6,9H2,1H3. The largest absolute Gasteiger partial charge is 0.509 e. The van der Waals surface area contributed by atoms with Crippen LogP contribution >= 0.6 is 0 Å². The van der Waals surface area contributed by atoms with Crippen LogP contribution < -0.4 is 4.74 Å². The second-order valence-corrected chi connectivity index (χ2v) is 3.84. The zero-order valence-corrected chi connectivity index (χ0v) is 8.99. The molecule has 0 bridgehead atoms. The summed E-state index contributed by atoms with van der Waals surface area (Å²) < 4.78 is 5.46. The molecule has 0 aliphatic heterocycles. The summed E-state index contributed by atoms with van der Waals surface area (Å²) in [6.45, 7) is 2.43. The minimum absolute atomic E-state index is 0.306. The van der Waals surface area contributed by atoms with Crippen LogP contribution in [0.15, 0.2) is 35.6 Å². The van der Waals surface area contributed by atoms with Crippen molar-refractivity contribution in [3.8, 4) is 5.75 Å². The van der Waals surface area contributed by atoms with Crippen LogP contribution in [-0.2, 0) is 6.42 Å². The lowest BCUT2D eigenvalue weighted by molar-refractivity contribution is 0.269. The molecule has 1 fully saturated rings. The van der Waals surface area contributed by atoms with Crippen LogP contribution in [0.4, 0.5) is 0 Å². The van der Waals surface area contributed by atoms with Crippen molar-refractivity contribution in [2.75, 3.05) is 6.61 Å². The van der Waals surface area contributed by atoms with E-state index >= 15 is 0 Å². The average molecular weight is 204 g/mol. The number of hydrogen-bond acceptors (Lipinski definition) is 2. The van der Waals surface area contributed by atoms with Crippen LogP contribution in [0.5, 0.6) is 5.75 Å². The van der Waals surface area contributed by atoms with Crippen LogP contribution in [0.1, 0.15) is 25.3 Å². The van der Waals surface area contributed by atoms with Crippen molar-refractivity contribution in [2.45, 2.75) is 26.2 Å². The highest BCUT2D eigenvalue weighted by atomic mass is 16.5. The fourth-order valence-corrected chi connectivity index (χ4v) is 1.43. The van der Waals surface area contributed by atoms with E-state index in [2.05, 4.69) is 19.1 Å². The molecule has 2 heteroatoms. The average Bonchev–Trinajstić information content (AvgIpc) is 3.10. The van der Waals surface area contributed by atoms with Crippen molar-refractivity contribution in [1.82, 2.24) is 0 Å². The predicted molar refractivity (Wildman–Crippen MR) is 60.2 cm³/mol. The van der Waals surface area contributed by atoms with Gasteiger partial charge in [-0.2, -0.15) is 0 Å². The molecule has 1 aromatic carbocycles. The van der Waals surface area contributed by atoms with Gasteiger partial charge >= 0.3 is 0 Å². The molecule has 2 nitrogen and oxygen atoms in total. The summed E-state index contributed by atoms with van der Waals surface area (Å²) in [4.78, 5) is 0. The Morgan fingerprint density at radius 3 is 2.47 bits per heavy atom. The molecule has 0 spiro atoms. The van der Waals surface area contributed by atoms with Crippen molar-refractivity contribution >= 4 is 0 Å². The number of hydrogen-bond donors (Lipinski definition) is 1. The number of rotatable bonds is 4. The van der Waals surface area contributed by atoms with E-state index in [1.54, 1.807) is 0 Å². The maximum Gasteiger partial charge on any atom is 0.145 e. The summed E-state index contributed by atoms with van der Waals surface area (Å²) in [5.41, 5.74) is 2.44. The number of aliphatic hydroxyl groups is 1. The summed E-state index contributed by atoms with van der Waals surface area (Å²) in [5, 5.41) is 9.51. The highest BCUT2D eigenvalue weighted by Gasteiger charge is 2.17. The first-order valence-corrected chi connectivity index (χ1v) is 5.41. The fraction of sp³-hybridized carbons (Fsp3) is 0.385. The molecular weight excluding hydrogens is 188 g/mol. The van der Waals surface area contributed by atoms with Crippen LogP contribution in [0.3, 0.4) is 0 Å². The first-order chi connectivity index (χ1) is 7.29. The van der Waals surface area contributed by atoms with Crippen molar-refractivity contribution in [3.63, 3.8) is 0 Å². The predicted octanol–water partition coefficient (Wildman–Crippen LogP) is 3.23. The molecule has 0 aromatic heterocycles. The van der Waals surface area contributed by atoms with Gasteiger partial charge in [0.2, 0.25) is 0 Å². The maximum absolute atomic E-state index is 9.51. The summed E-state index contributed by atoms with van der Waals surface area (Å²) in [6.07, 6.45) is 3.10. The first kappa shape index (κ1) is 10.1. The smallest absolute Gasteiger partial charge is 0.145 e. The van der Waals surface area contributed by atoms with Crippen LogP contribution in [0, 0.1) is 0 Å². The van der Waals surface area contributed by atoms with Gasteiger partial charge in [-0.3, -0.25) is 0 Å². The van der Waals surface area contributed by atoms with Gasteiger partial charge in [0, 0.05) is 0 Å². The van der Waals surface area contributed by atoms with Gasteiger partial charge in [-0.05, 0) is 42.5 Å². The third-order valence-corrected chi connectivity index (χ3v) is 2.62. The molecule has 2 rings (SSSR count). The third-order valence-electron chi connectivity index (χ3n) is 2.62. The molecule has 0 heterocycles. The number of aryl methyl sites for hydroxylation is 1. The number of allylic oxidation sites excluding steroid dienone is 1. The SMILES string of the molecule is CCc1ccc(OCC(O)=C2CC2)cc1. The number of aliphatic hydroxyl groups excluding tert-OH is 1. The number of benzene rings is 1. The van der Waals surface area contributed by atoms with Crippen LogP contribution in [-0.4, -0.2) is 11.7 Å². The third kappa shape index (κ3) is 2.75. The van der Waals surface area contributed by atoms with Gasteiger partial charge in [0.15, 0.2) is 0 Å². The van der Waals surface area contributed by atoms with Gasteiger partial charge in [-0.25, -0.2) is 0 Å².